The Hall–Kier alpha value is -2.89. The third kappa shape index (κ3) is 5.31. The van der Waals surface area contributed by atoms with Crippen LogP contribution in [0.1, 0.15) is 16.7 Å². The second kappa shape index (κ2) is 9.56. The summed E-state index contributed by atoms with van der Waals surface area (Å²) < 4.78 is 16.0. The molecule has 0 aliphatic carbocycles. The molecule has 2 rings (SSSR count). The fraction of sp³-hybridized carbons (Fsp3) is 0.350. The van der Waals surface area contributed by atoms with E-state index in [0.717, 1.165) is 11.1 Å². The van der Waals surface area contributed by atoms with Crippen LogP contribution in [0.2, 0.25) is 0 Å². The van der Waals surface area contributed by atoms with Crippen molar-refractivity contribution in [2.45, 2.75) is 19.9 Å². The summed E-state index contributed by atoms with van der Waals surface area (Å²) in [7, 11) is 4.73. The lowest BCUT2D eigenvalue weighted by Crippen LogP contribution is -2.36. The first-order valence-electron chi connectivity index (χ1n) is 8.43. The van der Waals surface area contributed by atoms with Crippen LogP contribution in [0.4, 0.5) is 4.79 Å². The number of carbonyl (C=O) groups excluding carboxylic acids is 1. The van der Waals surface area contributed by atoms with Crippen LogP contribution >= 0.6 is 0 Å². The Kier molecular flexibility index (Phi) is 7.14. The van der Waals surface area contributed by atoms with Crippen molar-refractivity contribution in [2.24, 2.45) is 0 Å². The van der Waals surface area contributed by atoms with Gasteiger partial charge in [0.25, 0.3) is 0 Å². The third-order valence-corrected chi connectivity index (χ3v) is 3.96. The van der Waals surface area contributed by atoms with E-state index in [-0.39, 0.29) is 6.03 Å². The van der Waals surface area contributed by atoms with Gasteiger partial charge < -0.3 is 24.8 Å². The molecule has 0 bridgehead atoms. The predicted octanol–water partition coefficient (Wildman–Crippen LogP) is 3.06. The fourth-order valence-corrected chi connectivity index (χ4v) is 2.67. The highest BCUT2D eigenvalue weighted by Crippen LogP contribution is 2.38. The molecule has 2 aromatic carbocycles. The molecular formula is C20H26N2O4. The van der Waals surface area contributed by atoms with Gasteiger partial charge >= 0.3 is 6.03 Å². The van der Waals surface area contributed by atoms with Gasteiger partial charge in [0.05, 0.1) is 21.3 Å². The van der Waals surface area contributed by atoms with Gasteiger partial charge in [-0.25, -0.2) is 4.79 Å². The van der Waals surface area contributed by atoms with Crippen molar-refractivity contribution < 1.29 is 19.0 Å². The summed E-state index contributed by atoms with van der Waals surface area (Å²) in [5.74, 6) is 1.76. The quantitative estimate of drug-likeness (QED) is 0.761. The number of carbonyl (C=O) groups is 1. The summed E-state index contributed by atoms with van der Waals surface area (Å²) in [6, 6.07) is 11.6. The predicted molar refractivity (Wildman–Crippen MR) is 101 cm³/mol. The molecule has 0 spiro atoms. The molecule has 0 fully saturated rings. The Morgan fingerprint density at radius 1 is 0.923 bits per heavy atom. The lowest BCUT2D eigenvalue weighted by molar-refractivity contribution is 0.240. The van der Waals surface area contributed by atoms with E-state index in [1.54, 1.807) is 21.3 Å². The van der Waals surface area contributed by atoms with E-state index >= 15 is 0 Å². The summed E-state index contributed by atoms with van der Waals surface area (Å²) in [5.41, 5.74) is 3.23. The number of nitrogens with one attached hydrogen (secondary N) is 2. The number of aryl methyl sites for hydroxylation is 1. The van der Waals surface area contributed by atoms with Crippen LogP contribution in [0.3, 0.4) is 0 Å². The molecule has 0 radical (unpaired) electrons. The standard InChI is InChI=1S/C20H26N2O4/c1-14-6-5-7-16(10-14)13-22-20(23)21-9-8-15-11-17(24-2)19(26-4)18(12-15)25-3/h5-7,10-12H,8-9,13H2,1-4H3,(H2,21,22,23). The molecule has 0 aliphatic rings. The van der Waals surface area contributed by atoms with Gasteiger partial charge in [0.2, 0.25) is 5.75 Å². The number of ether oxygens (including phenoxy) is 3. The largest absolute Gasteiger partial charge is 0.493 e. The van der Waals surface area contributed by atoms with Gasteiger partial charge in [0.15, 0.2) is 11.5 Å². The van der Waals surface area contributed by atoms with E-state index in [2.05, 4.69) is 16.7 Å². The van der Waals surface area contributed by atoms with Crippen molar-refractivity contribution in [1.82, 2.24) is 10.6 Å². The zero-order valence-electron chi connectivity index (χ0n) is 15.7. The van der Waals surface area contributed by atoms with E-state index in [4.69, 9.17) is 14.2 Å². The van der Waals surface area contributed by atoms with Crippen molar-refractivity contribution >= 4 is 6.03 Å². The SMILES string of the molecule is COc1cc(CCNC(=O)NCc2cccc(C)c2)cc(OC)c1OC. The number of hydrogen-bond acceptors (Lipinski definition) is 4. The van der Waals surface area contributed by atoms with Crippen LogP contribution in [-0.4, -0.2) is 33.9 Å². The number of amides is 2. The number of urea groups is 1. The Balaban J connectivity index is 1.86. The smallest absolute Gasteiger partial charge is 0.315 e. The van der Waals surface area contributed by atoms with Gasteiger partial charge in [-0.2, -0.15) is 0 Å². The molecule has 140 valence electrons. The van der Waals surface area contributed by atoms with Crippen LogP contribution in [0, 0.1) is 6.92 Å². The van der Waals surface area contributed by atoms with Crippen molar-refractivity contribution in [1.29, 1.82) is 0 Å². The summed E-state index contributed by atoms with van der Waals surface area (Å²) in [4.78, 5) is 11.9. The zero-order chi connectivity index (χ0) is 18.9. The fourth-order valence-electron chi connectivity index (χ4n) is 2.67. The first-order chi connectivity index (χ1) is 12.6. The topological polar surface area (TPSA) is 68.8 Å². The summed E-state index contributed by atoms with van der Waals surface area (Å²) in [6.07, 6.45) is 0.647. The van der Waals surface area contributed by atoms with E-state index in [1.807, 2.05) is 37.3 Å². The minimum Gasteiger partial charge on any atom is -0.493 e. The molecule has 2 N–H and O–H groups in total. The molecule has 0 heterocycles. The normalized spacial score (nSPS) is 10.2. The molecular weight excluding hydrogens is 332 g/mol. The molecule has 2 amide bonds. The number of hydrogen-bond donors (Lipinski definition) is 2. The summed E-state index contributed by atoms with van der Waals surface area (Å²) in [6.45, 7) is 3.02. The first-order valence-corrected chi connectivity index (χ1v) is 8.43. The minimum atomic E-state index is -0.195. The van der Waals surface area contributed by atoms with Gasteiger partial charge in [-0.05, 0) is 36.6 Å². The second-order valence-corrected chi connectivity index (χ2v) is 5.88. The molecule has 6 heteroatoms. The van der Waals surface area contributed by atoms with Crippen LogP contribution in [0.15, 0.2) is 36.4 Å². The molecule has 0 saturated carbocycles. The maximum absolute atomic E-state index is 11.9. The van der Waals surface area contributed by atoms with Crippen LogP contribution in [-0.2, 0) is 13.0 Å². The number of rotatable bonds is 8. The van der Waals surface area contributed by atoms with Crippen molar-refractivity contribution in [3.8, 4) is 17.2 Å². The lowest BCUT2D eigenvalue weighted by Gasteiger charge is -2.14. The Morgan fingerprint density at radius 3 is 2.19 bits per heavy atom. The average molecular weight is 358 g/mol. The van der Waals surface area contributed by atoms with Crippen LogP contribution in [0.5, 0.6) is 17.2 Å². The van der Waals surface area contributed by atoms with Gasteiger partial charge in [-0.1, -0.05) is 29.8 Å². The average Bonchev–Trinajstić information content (AvgIpc) is 2.65. The lowest BCUT2D eigenvalue weighted by atomic mass is 10.1. The molecule has 26 heavy (non-hydrogen) atoms. The van der Waals surface area contributed by atoms with Crippen molar-refractivity contribution in [3.05, 3.63) is 53.1 Å². The molecule has 0 atom stereocenters. The van der Waals surface area contributed by atoms with E-state index in [9.17, 15) is 4.79 Å². The second-order valence-electron chi connectivity index (χ2n) is 5.88. The maximum atomic E-state index is 11.9. The highest BCUT2D eigenvalue weighted by molar-refractivity contribution is 5.73. The molecule has 0 aromatic heterocycles. The van der Waals surface area contributed by atoms with Gasteiger partial charge in [0.1, 0.15) is 0 Å². The van der Waals surface area contributed by atoms with Crippen LogP contribution in [0.25, 0.3) is 0 Å². The van der Waals surface area contributed by atoms with E-state index in [1.165, 1.54) is 5.56 Å². The van der Waals surface area contributed by atoms with Crippen LogP contribution < -0.4 is 24.8 Å². The van der Waals surface area contributed by atoms with Crippen molar-refractivity contribution in [3.63, 3.8) is 0 Å². The first kappa shape index (κ1) is 19.4. The summed E-state index contributed by atoms with van der Waals surface area (Å²) >= 11 is 0. The maximum Gasteiger partial charge on any atom is 0.315 e. The Labute approximate surface area is 154 Å². The Bertz CT molecular complexity index is 721. The third-order valence-electron chi connectivity index (χ3n) is 3.96. The number of benzene rings is 2. The summed E-state index contributed by atoms with van der Waals surface area (Å²) in [5, 5.41) is 5.71. The van der Waals surface area contributed by atoms with Gasteiger partial charge in [-0.3, -0.25) is 0 Å². The van der Waals surface area contributed by atoms with Gasteiger partial charge in [-0.15, -0.1) is 0 Å². The van der Waals surface area contributed by atoms with Crippen molar-refractivity contribution in [2.75, 3.05) is 27.9 Å². The minimum absolute atomic E-state index is 0.195. The monoisotopic (exact) mass is 358 g/mol. The molecule has 0 saturated heterocycles. The number of methoxy groups -OCH3 is 3. The highest BCUT2D eigenvalue weighted by Gasteiger charge is 2.13. The van der Waals surface area contributed by atoms with E-state index in [0.29, 0.717) is 36.8 Å². The molecule has 0 unspecified atom stereocenters. The molecule has 2 aromatic rings. The molecule has 0 aliphatic heterocycles. The van der Waals surface area contributed by atoms with E-state index < -0.39 is 0 Å². The molecule has 6 nitrogen and oxygen atoms in total. The zero-order valence-corrected chi connectivity index (χ0v) is 15.7. The highest BCUT2D eigenvalue weighted by atomic mass is 16.5. The Morgan fingerprint density at radius 2 is 1.62 bits per heavy atom. The van der Waals surface area contributed by atoms with Gasteiger partial charge in [0, 0.05) is 13.1 Å².